The molecule has 0 aliphatic heterocycles. The van der Waals surface area contributed by atoms with Crippen LogP contribution >= 0.6 is 11.3 Å². The van der Waals surface area contributed by atoms with Gasteiger partial charge in [-0.1, -0.05) is 61.5 Å². The van der Waals surface area contributed by atoms with E-state index in [-0.39, 0.29) is 17.7 Å². The minimum absolute atomic E-state index is 0.0137. The number of fused-ring (bicyclic) bond motifs is 1. The van der Waals surface area contributed by atoms with Crippen molar-refractivity contribution in [1.82, 2.24) is 4.98 Å². The third-order valence-corrected chi connectivity index (χ3v) is 5.90. The van der Waals surface area contributed by atoms with Gasteiger partial charge >= 0.3 is 0 Å². The predicted octanol–water partition coefficient (Wildman–Crippen LogP) is 5.82. The zero-order valence-corrected chi connectivity index (χ0v) is 15.8. The fourth-order valence-corrected chi connectivity index (χ4v) is 4.28. The molecule has 0 saturated heterocycles. The van der Waals surface area contributed by atoms with Gasteiger partial charge in [0.1, 0.15) is 0 Å². The van der Waals surface area contributed by atoms with Gasteiger partial charge in [-0.05, 0) is 29.1 Å². The molecule has 4 rings (SSSR count). The van der Waals surface area contributed by atoms with Crippen LogP contribution in [0.4, 0.5) is 5.69 Å². The normalized spacial score (nSPS) is 13.2. The predicted molar refractivity (Wildman–Crippen MR) is 112 cm³/mol. The summed E-state index contributed by atoms with van der Waals surface area (Å²) < 4.78 is 0. The third kappa shape index (κ3) is 3.62. The maximum absolute atomic E-state index is 13.4. The van der Waals surface area contributed by atoms with Gasteiger partial charge in [-0.3, -0.25) is 9.78 Å². The molecule has 1 N–H and O–H groups in total. The van der Waals surface area contributed by atoms with Gasteiger partial charge in [0.05, 0.1) is 17.1 Å². The lowest BCUT2D eigenvalue weighted by Gasteiger charge is -2.23. The van der Waals surface area contributed by atoms with Crippen molar-refractivity contribution in [3.63, 3.8) is 0 Å². The highest BCUT2D eigenvalue weighted by Crippen LogP contribution is 2.36. The summed E-state index contributed by atoms with van der Waals surface area (Å²) in [5.74, 6) is -0.209. The summed E-state index contributed by atoms with van der Waals surface area (Å²) in [6, 6.07) is 23.9. The van der Waals surface area contributed by atoms with Crippen molar-refractivity contribution in [3.05, 3.63) is 94.8 Å². The fraction of sp³-hybridized carbons (Fsp3) is 0.130. The summed E-state index contributed by atoms with van der Waals surface area (Å²) >= 11 is 1.69. The lowest BCUT2D eigenvalue weighted by atomic mass is 9.85. The number of para-hydroxylation sites is 1. The molecule has 1 amide bonds. The molecule has 0 radical (unpaired) electrons. The number of carbonyl (C=O) groups excluding carboxylic acids is 1. The van der Waals surface area contributed by atoms with Crippen LogP contribution in [0.5, 0.6) is 0 Å². The summed E-state index contributed by atoms with van der Waals surface area (Å²) in [4.78, 5) is 19.0. The quantitative estimate of drug-likeness (QED) is 0.479. The number of nitrogens with one attached hydrogen (secondary N) is 1. The Labute approximate surface area is 162 Å². The second-order valence-electron chi connectivity index (χ2n) is 6.56. The van der Waals surface area contributed by atoms with E-state index < -0.39 is 0 Å². The molecule has 0 aliphatic carbocycles. The Morgan fingerprint density at radius 3 is 2.56 bits per heavy atom. The van der Waals surface area contributed by atoms with Gasteiger partial charge in [0.25, 0.3) is 0 Å². The van der Waals surface area contributed by atoms with Crippen molar-refractivity contribution in [2.24, 2.45) is 0 Å². The van der Waals surface area contributed by atoms with Crippen LogP contribution < -0.4 is 5.32 Å². The summed E-state index contributed by atoms with van der Waals surface area (Å²) in [6.07, 6.45) is 1.75. The van der Waals surface area contributed by atoms with Gasteiger partial charge in [-0.25, -0.2) is 0 Å². The Hall–Kier alpha value is -2.98. The molecule has 4 aromatic rings. The van der Waals surface area contributed by atoms with Crippen LogP contribution in [-0.2, 0) is 4.79 Å². The van der Waals surface area contributed by atoms with Crippen LogP contribution in [0.15, 0.2) is 84.4 Å². The average molecular weight is 372 g/mol. The van der Waals surface area contributed by atoms with Gasteiger partial charge in [0.15, 0.2) is 0 Å². The van der Waals surface area contributed by atoms with Crippen molar-refractivity contribution in [3.8, 4) is 0 Å². The molecule has 2 aromatic heterocycles. The van der Waals surface area contributed by atoms with E-state index in [4.69, 9.17) is 0 Å². The van der Waals surface area contributed by atoms with Gasteiger partial charge in [-0.2, -0.15) is 0 Å². The molecule has 0 fully saturated rings. The second kappa shape index (κ2) is 7.72. The van der Waals surface area contributed by atoms with Crippen LogP contribution in [0.3, 0.4) is 0 Å². The number of benzene rings is 2. The minimum Gasteiger partial charge on any atom is -0.324 e. The SMILES string of the molecule is C[C@H](c1cccs1)[C@@H](C(=O)Nc1cccc2cccnc12)c1ccccc1. The van der Waals surface area contributed by atoms with E-state index in [2.05, 4.69) is 28.7 Å². The zero-order chi connectivity index (χ0) is 18.6. The monoisotopic (exact) mass is 372 g/mol. The zero-order valence-electron chi connectivity index (χ0n) is 15.0. The number of carbonyl (C=O) groups is 1. The maximum atomic E-state index is 13.4. The standard InChI is InChI=1S/C23H20N2OS/c1-16(20-13-7-15-27-20)21(17-8-3-2-4-9-17)23(26)25-19-12-5-10-18-11-6-14-24-22(18)19/h2-16,21H,1H3,(H,25,26)/t16-,21-/m1/s1. The Bertz CT molecular complexity index is 1040. The highest BCUT2D eigenvalue weighted by atomic mass is 32.1. The molecule has 2 heterocycles. The molecular formula is C23H20N2OS. The van der Waals surface area contributed by atoms with Crippen molar-refractivity contribution >= 4 is 33.8 Å². The minimum atomic E-state index is -0.274. The molecular weight excluding hydrogens is 352 g/mol. The van der Waals surface area contributed by atoms with Gasteiger partial charge in [-0.15, -0.1) is 11.3 Å². The Balaban J connectivity index is 1.70. The first-order chi connectivity index (χ1) is 13.2. The number of anilines is 1. The third-order valence-electron chi connectivity index (χ3n) is 4.82. The summed E-state index contributed by atoms with van der Waals surface area (Å²) in [5, 5.41) is 6.20. The largest absolute Gasteiger partial charge is 0.324 e. The molecule has 0 saturated carbocycles. The Morgan fingerprint density at radius 1 is 0.963 bits per heavy atom. The molecule has 2 atom stereocenters. The number of aromatic nitrogens is 1. The molecule has 0 unspecified atom stereocenters. The first kappa shape index (κ1) is 17.4. The number of nitrogens with zero attached hydrogens (tertiary/aromatic N) is 1. The van der Waals surface area contributed by atoms with E-state index in [1.54, 1.807) is 17.5 Å². The van der Waals surface area contributed by atoms with Crippen molar-refractivity contribution in [2.75, 3.05) is 5.32 Å². The average Bonchev–Trinajstić information content (AvgIpc) is 3.24. The second-order valence-corrected chi connectivity index (χ2v) is 7.54. The molecule has 0 spiro atoms. The number of hydrogen-bond donors (Lipinski definition) is 1. The fourth-order valence-electron chi connectivity index (χ4n) is 3.46. The van der Waals surface area contributed by atoms with Gasteiger partial charge in [0, 0.05) is 22.4 Å². The van der Waals surface area contributed by atoms with E-state index in [1.165, 1.54) is 4.88 Å². The Kier molecular flexibility index (Phi) is 4.99. The van der Waals surface area contributed by atoms with Gasteiger partial charge < -0.3 is 5.32 Å². The number of pyridine rings is 1. The molecule has 27 heavy (non-hydrogen) atoms. The topological polar surface area (TPSA) is 42.0 Å². The molecule has 134 valence electrons. The first-order valence-electron chi connectivity index (χ1n) is 8.97. The van der Waals surface area contributed by atoms with E-state index in [9.17, 15) is 4.79 Å². The number of amides is 1. The number of hydrogen-bond acceptors (Lipinski definition) is 3. The van der Waals surface area contributed by atoms with Crippen LogP contribution in [0, 0.1) is 0 Å². The van der Waals surface area contributed by atoms with E-state index >= 15 is 0 Å². The lowest BCUT2D eigenvalue weighted by molar-refractivity contribution is -0.118. The molecule has 0 aliphatic rings. The maximum Gasteiger partial charge on any atom is 0.232 e. The summed E-state index contributed by atoms with van der Waals surface area (Å²) in [5.41, 5.74) is 2.57. The van der Waals surface area contributed by atoms with E-state index in [1.807, 2.05) is 66.7 Å². The van der Waals surface area contributed by atoms with E-state index in [0.29, 0.717) is 0 Å². The van der Waals surface area contributed by atoms with Gasteiger partial charge in [0.2, 0.25) is 5.91 Å². The number of rotatable bonds is 5. The van der Waals surface area contributed by atoms with E-state index in [0.717, 1.165) is 22.2 Å². The van der Waals surface area contributed by atoms with Crippen LogP contribution in [0.2, 0.25) is 0 Å². The smallest absolute Gasteiger partial charge is 0.232 e. The van der Waals surface area contributed by atoms with Crippen LogP contribution in [0.1, 0.15) is 29.2 Å². The lowest BCUT2D eigenvalue weighted by Crippen LogP contribution is -2.25. The summed E-state index contributed by atoms with van der Waals surface area (Å²) in [6.45, 7) is 2.12. The van der Waals surface area contributed by atoms with Crippen LogP contribution in [0.25, 0.3) is 10.9 Å². The van der Waals surface area contributed by atoms with Crippen LogP contribution in [-0.4, -0.2) is 10.9 Å². The van der Waals surface area contributed by atoms with Crippen molar-refractivity contribution in [2.45, 2.75) is 18.8 Å². The molecule has 3 nitrogen and oxygen atoms in total. The first-order valence-corrected chi connectivity index (χ1v) is 9.85. The summed E-state index contributed by atoms with van der Waals surface area (Å²) in [7, 11) is 0. The van der Waals surface area contributed by atoms with Crippen molar-refractivity contribution < 1.29 is 4.79 Å². The molecule has 2 aromatic carbocycles. The highest BCUT2D eigenvalue weighted by molar-refractivity contribution is 7.10. The highest BCUT2D eigenvalue weighted by Gasteiger charge is 2.29. The Morgan fingerprint density at radius 2 is 1.78 bits per heavy atom. The molecule has 0 bridgehead atoms. The van der Waals surface area contributed by atoms with Crippen molar-refractivity contribution in [1.29, 1.82) is 0 Å². The molecule has 4 heteroatoms. The number of thiophene rings is 1.